The Bertz CT molecular complexity index is 1670. The number of ether oxygens (including phenoxy) is 1. The molecule has 0 spiro atoms. The summed E-state index contributed by atoms with van der Waals surface area (Å²) in [6, 6.07) is 25.8. The van der Waals surface area contributed by atoms with Crippen molar-refractivity contribution in [3.63, 3.8) is 0 Å². The highest BCUT2D eigenvalue weighted by Crippen LogP contribution is 2.45. The molecule has 8 heteroatoms. The SMILES string of the molecule is O=C(c1cc2ccccc2o1)c1c(O)c(O)n(-c2nccs2)c1-c1ccc(OCc2ccccc2)cc1. The summed E-state index contributed by atoms with van der Waals surface area (Å²) in [5.41, 5.74) is 2.39. The summed E-state index contributed by atoms with van der Waals surface area (Å²) in [5, 5.41) is 24.8. The van der Waals surface area contributed by atoms with Crippen molar-refractivity contribution in [2.75, 3.05) is 0 Å². The molecule has 0 saturated carbocycles. The summed E-state index contributed by atoms with van der Waals surface area (Å²) in [7, 11) is 0. The van der Waals surface area contributed by atoms with Crippen LogP contribution in [0.15, 0.2) is 101 Å². The molecule has 0 unspecified atom stereocenters. The van der Waals surface area contributed by atoms with Crippen molar-refractivity contribution < 1.29 is 24.2 Å². The maximum atomic E-state index is 13.7. The van der Waals surface area contributed by atoms with E-state index in [-0.39, 0.29) is 11.3 Å². The Morgan fingerprint density at radius 3 is 2.46 bits per heavy atom. The molecular weight excluding hydrogens is 488 g/mol. The number of hydrogen-bond donors (Lipinski definition) is 2. The number of hydrogen-bond acceptors (Lipinski definition) is 7. The second kappa shape index (κ2) is 9.33. The molecule has 0 saturated heterocycles. The predicted molar refractivity (Wildman–Crippen MR) is 141 cm³/mol. The van der Waals surface area contributed by atoms with E-state index in [0.717, 1.165) is 10.9 Å². The van der Waals surface area contributed by atoms with Crippen LogP contribution in [0.4, 0.5) is 0 Å². The van der Waals surface area contributed by atoms with Gasteiger partial charge in [-0.15, -0.1) is 11.3 Å². The summed E-state index contributed by atoms with van der Waals surface area (Å²) < 4.78 is 13.0. The van der Waals surface area contributed by atoms with Gasteiger partial charge in [-0.05, 0) is 47.5 Å². The van der Waals surface area contributed by atoms with E-state index >= 15 is 0 Å². The van der Waals surface area contributed by atoms with Crippen molar-refractivity contribution in [3.8, 4) is 33.8 Å². The molecule has 6 aromatic rings. The minimum Gasteiger partial charge on any atom is -0.503 e. The molecule has 0 aliphatic heterocycles. The maximum Gasteiger partial charge on any atom is 0.242 e. The topological polar surface area (TPSA) is 97.7 Å². The van der Waals surface area contributed by atoms with Gasteiger partial charge < -0.3 is 19.4 Å². The summed E-state index contributed by atoms with van der Waals surface area (Å²) in [6.07, 6.45) is 1.58. The number of fused-ring (bicyclic) bond motifs is 1. The van der Waals surface area contributed by atoms with E-state index in [1.165, 1.54) is 15.9 Å². The first-order valence-electron chi connectivity index (χ1n) is 11.5. The number of ketones is 1. The van der Waals surface area contributed by atoms with Crippen LogP contribution in [0.2, 0.25) is 0 Å². The van der Waals surface area contributed by atoms with Gasteiger partial charge in [-0.3, -0.25) is 9.36 Å². The molecule has 0 aliphatic rings. The Kier molecular flexibility index (Phi) is 5.71. The van der Waals surface area contributed by atoms with Crippen molar-refractivity contribution in [2.45, 2.75) is 6.61 Å². The molecule has 0 bridgehead atoms. The molecule has 182 valence electrons. The van der Waals surface area contributed by atoms with Crippen molar-refractivity contribution in [1.29, 1.82) is 0 Å². The molecule has 7 nitrogen and oxygen atoms in total. The number of carbonyl (C=O) groups is 1. The van der Waals surface area contributed by atoms with Gasteiger partial charge in [0.1, 0.15) is 17.9 Å². The lowest BCUT2D eigenvalue weighted by Crippen LogP contribution is -2.04. The fourth-order valence-corrected chi connectivity index (χ4v) is 4.86. The van der Waals surface area contributed by atoms with Crippen molar-refractivity contribution in [2.24, 2.45) is 0 Å². The summed E-state index contributed by atoms with van der Waals surface area (Å²) in [4.78, 5) is 18.0. The second-order valence-electron chi connectivity index (χ2n) is 8.32. The number of aromatic nitrogens is 2. The molecule has 2 N–H and O–H groups in total. The van der Waals surface area contributed by atoms with Gasteiger partial charge >= 0.3 is 0 Å². The molecule has 0 atom stereocenters. The fourth-order valence-electron chi connectivity index (χ4n) is 4.22. The Morgan fingerprint density at radius 1 is 0.973 bits per heavy atom. The Balaban J connectivity index is 1.43. The minimum atomic E-state index is -0.557. The van der Waals surface area contributed by atoms with Gasteiger partial charge in [-0.25, -0.2) is 4.98 Å². The number of benzene rings is 3. The largest absolute Gasteiger partial charge is 0.503 e. The quantitative estimate of drug-likeness (QED) is 0.237. The lowest BCUT2D eigenvalue weighted by Gasteiger charge is -2.11. The molecule has 0 amide bonds. The molecule has 37 heavy (non-hydrogen) atoms. The van der Waals surface area contributed by atoms with E-state index in [4.69, 9.17) is 9.15 Å². The first-order valence-corrected chi connectivity index (χ1v) is 12.3. The molecule has 3 aromatic carbocycles. The molecule has 0 fully saturated rings. The van der Waals surface area contributed by atoms with Crippen LogP contribution < -0.4 is 4.74 Å². The van der Waals surface area contributed by atoms with Crippen LogP contribution in [0.1, 0.15) is 21.7 Å². The number of thiazole rings is 1. The van der Waals surface area contributed by atoms with Gasteiger partial charge in [0.05, 0.1) is 11.3 Å². The van der Waals surface area contributed by atoms with Gasteiger partial charge in [-0.2, -0.15) is 0 Å². The highest BCUT2D eigenvalue weighted by atomic mass is 32.1. The van der Waals surface area contributed by atoms with Gasteiger partial charge in [0.2, 0.25) is 11.7 Å². The number of rotatable bonds is 7. The Morgan fingerprint density at radius 2 is 1.73 bits per heavy atom. The lowest BCUT2D eigenvalue weighted by atomic mass is 10.0. The van der Waals surface area contributed by atoms with Gasteiger partial charge in [0.25, 0.3) is 0 Å². The second-order valence-corrected chi connectivity index (χ2v) is 9.20. The standard InChI is InChI=1S/C29H20N2O5S/c32-26(23-16-20-8-4-5-9-22(20)36-23)24-25(31(28(34)27(24)33)29-30-14-15-37-29)19-10-12-21(13-11-19)35-17-18-6-2-1-3-7-18/h1-16,33-34H,17H2. The monoisotopic (exact) mass is 508 g/mol. The van der Waals surface area contributed by atoms with E-state index < -0.39 is 17.4 Å². The van der Waals surface area contributed by atoms with E-state index in [0.29, 0.717) is 34.3 Å². The highest BCUT2D eigenvalue weighted by Gasteiger charge is 2.32. The number of furan rings is 1. The van der Waals surface area contributed by atoms with Gasteiger partial charge in [0, 0.05) is 17.0 Å². The fraction of sp³-hybridized carbons (Fsp3) is 0.0345. The maximum absolute atomic E-state index is 13.7. The number of nitrogens with zero attached hydrogens (tertiary/aromatic N) is 2. The zero-order chi connectivity index (χ0) is 25.4. The van der Waals surface area contributed by atoms with E-state index in [2.05, 4.69) is 4.98 Å². The van der Waals surface area contributed by atoms with Crippen LogP contribution in [-0.2, 0) is 6.61 Å². The third-order valence-electron chi connectivity index (χ3n) is 5.98. The van der Waals surface area contributed by atoms with Crippen LogP contribution in [0.25, 0.3) is 27.4 Å². The van der Waals surface area contributed by atoms with Crippen molar-refractivity contribution in [3.05, 3.63) is 113 Å². The summed E-state index contributed by atoms with van der Waals surface area (Å²) >= 11 is 1.26. The molecule has 3 heterocycles. The number of carbonyl (C=O) groups excluding carboxylic acids is 1. The molecule has 3 aromatic heterocycles. The number of para-hydroxylation sites is 1. The first-order chi connectivity index (χ1) is 18.1. The van der Waals surface area contributed by atoms with Crippen LogP contribution >= 0.6 is 11.3 Å². The van der Waals surface area contributed by atoms with Crippen LogP contribution in [-0.4, -0.2) is 25.5 Å². The Labute approximate surface area is 215 Å². The number of aromatic hydroxyl groups is 2. The summed E-state index contributed by atoms with van der Waals surface area (Å²) in [6.45, 7) is 0.410. The van der Waals surface area contributed by atoms with Crippen LogP contribution in [0, 0.1) is 0 Å². The highest BCUT2D eigenvalue weighted by molar-refractivity contribution is 7.12. The van der Waals surface area contributed by atoms with E-state index in [9.17, 15) is 15.0 Å². The molecule has 6 rings (SSSR count). The zero-order valence-corrected chi connectivity index (χ0v) is 20.2. The predicted octanol–water partition coefficient (Wildman–Crippen LogP) is 6.57. The lowest BCUT2D eigenvalue weighted by molar-refractivity contribution is 0.101. The normalized spacial score (nSPS) is 11.1. The average molecular weight is 509 g/mol. The van der Waals surface area contributed by atoms with Crippen molar-refractivity contribution >= 4 is 28.1 Å². The van der Waals surface area contributed by atoms with Gasteiger partial charge in [-0.1, -0.05) is 48.5 Å². The third kappa shape index (κ3) is 4.13. The third-order valence-corrected chi connectivity index (χ3v) is 6.74. The van der Waals surface area contributed by atoms with E-state index in [1.54, 1.807) is 48.0 Å². The average Bonchev–Trinajstić information content (AvgIpc) is 3.67. The first kappa shape index (κ1) is 22.6. The molecule has 0 aliphatic carbocycles. The smallest absolute Gasteiger partial charge is 0.242 e. The Hall–Kier alpha value is -4.82. The molecule has 0 radical (unpaired) electrons. The summed E-state index contributed by atoms with van der Waals surface area (Å²) in [5.74, 6) is -0.886. The zero-order valence-electron chi connectivity index (χ0n) is 19.4. The molecular formula is C29H20N2O5S. The van der Waals surface area contributed by atoms with Crippen molar-refractivity contribution in [1.82, 2.24) is 9.55 Å². The minimum absolute atomic E-state index is 0.0526. The van der Waals surface area contributed by atoms with E-state index in [1.807, 2.05) is 48.5 Å². The van der Waals surface area contributed by atoms with Gasteiger partial charge in [0.15, 0.2) is 16.6 Å². The van der Waals surface area contributed by atoms with Crippen LogP contribution in [0.3, 0.4) is 0 Å². The van der Waals surface area contributed by atoms with Crippen LogP contribution in [0.5, 0.6) is 17.4 Å².